The van der Waals surface area contributed by atoms with Crippen molar-refractivity contribution in [3.63, 3.8) is 0 Å². The first kappa shape index (κ1) is 104. The lowest BCUT2D eigenvalue weighted by Gasteiger charge is -2.38. The van der Waals surface area contributed by atoms with Crippen molar-refractivity contribution in [2.24, 2.45) is 22.9 Å². The number of aryl methyl sites for hydroxylation is 1. The average molecular weight is 1850 g/mol. The Morgan fingerprint density at radius 2 is 1.33 bits per heavy atom. The third-order valence-corrected chi connectivity index (χ3v) is 23.7. The zero-order valence-corrected chi connectivity index (χ0v) is 75.4. The van der Waals surface area contributed by atoms with Crippen LogP contribution in [-0.2, 0) is 112 Å². The molecule has 0 bridgehead atoms. The molecule has 25 N–H and O–H groups in total. The molecule has 6 aromatic rings. The number of rotatable bonds is 40. The number of aliphatic carboxylic acids is 1. The number of thioether (sulfide) groups is 1. The molecule has 0 aliphatic carbocycles. The number of aromatic nitrogens is 2. The van der Waals surface area contributed by atoms with Gasteiger partial charge in [-0.25, -0.2) is 0 Å². The first-order valence-electron chi connectivity index (χ1n) is 43.2. The topological polar surface area (TPSA) is 662 Å². The lowest BCUT2D eigenvalue weighted by Crippen LogP contribution is -2.67. The van der Waals surface area contributed by atoms with Crippen LogP contribution in [0, 0.1) is 6.92 Å². The zero-order chi connectivity index (χ0) is 96.7. The fourth-order valence-corrected chi connectivity index (χ4v) is 16.5. The highest BCUT2D eigenvalue weighted by Crippen LogP contribution is 2.32. The number of fused-ring (bicyclic) bond motifs is 2. The number of ether oxygens (including phenoxy) is 2. The number of carboxylic acids is 1. The number of hydrogen-bond acceptors (Lipinski definition) is 25. The smallest absolute Gasteiger partial charge is 0.303 e. The van der Waals surface area contributed by atoms with Crippen LogP contribution in [0.3, 0.4) is 0 Å². The first-order chi connectivity index (χ1) is 62.6. The number of amides is 16. The Labute approximate surface area is 765 Å². The molecule has 4 aromatic carbocycles. The molecule has 2 aromatic heterocycles. The molecule has 0 saturated carbocycles. The molecule has 2 aliphatic rings. The van der Waals surface area contributed by atoms with Crippen LogP contribution < -0.4 is 96.8 Å². The van der Waals surface area contributed by atoms with E-state index in [1.807, 2.05) is 19.1 Å². The number of carboxylic acid groups (broad SMARTS) is 1. The second-order valence-corrected chi connectivity index (χ2v) is 35.1. The maximum atomic E-state index is 16.2. The number of H-pyrrole nitrogens is 1. The summed E-state index contributed by atoms with van der Waals surface area (Å²) in [5, 5.41) is 70.7. The van der Waals surface area contributed by atoms with Crippen LogP contribution in [0.4, 0.5) is 0 Å². The van der Waals surface area contributed by atoms with E-state index in [4.69, 9.17) is 32.4 Å². The van der Waals surface area contributed by atoms with Crippen LogP contribution in [0.5, 0.6) is 5.75 Å². The summed E-state index contributed by atoms with van der Waals surface area (Å²) in [6, 6.07) is 8.39. The van der Waals surface area contributed by atoms with Gasteiger partial charge in [0.25, 0.3) is 0 Å². The number of carbonyl (C=O) groups excluding carboxylic acids is 16. The van der Waals surface area contributed by atoms with Gasteiger partial charge in [-0.15, -0.1) is 0 Å². The van der Waals surface area contributed by atoms with E-state index in [2.05, 4.69) is 79.1 Å². The van der Waals surface area contributed by atoms with Crippen molar-refractivity contribution in [3.8, 4) is 5.75 Å². The van der Waals surface area contributed by atoms with Gasteiger partial charge in [0.05, 0.1) is 37.6 Å². The first-order valence-corrected chi connectivity index (χ1v) is 44.2. The number of unbranched alkanes of at least 4 members (excludes halogenated alkanes) is 1. The number of nitrogens with one attached hydrogen (secondary N) is 14. The molecule has 8 rings (SSSR count). The van der Waals surface area contributed by atoms with Crippen molar-refractivity contribution in [1.29, 1.82) is 0 Å². The average Bonchev–Trinajstić information content (AvgIpc) is 1.50. The van der Waals surface area contributed by atoms with E-state index in [0.29, 0.717) is 44.3 Å². The highest BCUT2D eigenvalue weighted by molar-refractivity contribution is 8.00. The molecule has 4 heterocycles. The van der Waals surface area contributed by atoms with Crippen molar-refractivity contribution >= 4 is 134 Å². The number of benzene rings is 4. The van der Waals surface area contributed by atoms with Gasteiger partial charge >= 0.3 is 5.97 Å². The fourth-order valence-electron chi connectivity index (χ4n) is 15.3. The van der Waals surface area contributed by atoms with E-state index >= 15 is 24.0 Å². The minimum atomic E-state index is -2.09. The Kier molecular flexibility index (Phi) is 39.2. The summed E-state index contributed by atoms with van der Waals surface area (Å²) in [5.41, 5.74) is 23.6. The molecule has 2 fully saturated rings. The second-order valence-electron chi connectivity index (χ2n) is 33.3. The predicted octanol–water partition coefficient (Wildman–Crippen LogP) is -3.40. The predicted molar refractivity (Wildman–Crippen MR) is 483 cm³/mol. The monoisotopic (exact) mass is 1850 g/mol. The van der Waals surface area contributed by atoms with Gasteiger partial charge in [-0.05, 0) is 129 Å². The van der Waals surface area contributed by atoms with Gasteiger partial charge in [0.1, 0.15) is 78.5 Å². The van der Waals surface area contributed by atoms with Gasteiger partial charge < -0.3 is 121 Å². The molecule has 2 saturated heterocycles. The van der Waals surface area contributed by atoms with Gasteiger partial charge in [0, 0.05) is 120 Å². The molecule has 13 atom stereocenters. The summed E-state index contributed by atoms with van der Waals surface area (Å²) < 4.78 is 9.91. The summed E-state index contributed by atoms with van der Waals surface area (Å²) in [7, 11) is 1.24. The number of pyridine rings is 1. The summed E-state index contributed by atoms with van der Waals surface area (Å²) >= 11 is 0.978. The molecule has 16 amide bonds. The number of nitrogens with two attached hydrogens (primary N) is 4. The van der Waals surface area contributed by atoms with Crippen LogP contribution in [0.2, 0.25) is 0 Å². The molecule has 1 unspecified atom stereocenters. The summed E-state index contributed by atoms with van der Waals surface area (Å²) in [4.78, 5) is 249. The van der Waals surface area contributed by atoms with Crippen LogP contribution in [0.15, 0.2) is 116 Å². The van der Waals surface area contributed by atoms with Gasteiger partial charge in [-0.2, -0.15) is 11.8 Å². The maximum absolute atomic E-state index is 16.2. The molecule has 132 heavy (non-hydrogen) atoms. The van der Waals surface area contributed by atoms with Gasteiger partial charge in [0.2, 0.25) is 94.5 Å². The van der Waals surface area contributed by atoms with Gasteiger partial charge in [0.15, 0.2) is 0 Å². The summed E-state index contributed by atoms with van der Waals surface area (Å²) in [6.45, 7) is 7.85. The second kappa shape index (κ2) is 49.7. The van der Waals surface area contributed by atoms with E-state index in [0.717, 1.165) is 41.5 Å². The largest absolute Gasteiger partial charge is 0.492 e. The van der Waals surface area contributed by atoms with Crippen molar-refractivity contribution in [3.05, 3.63) is 143 Å². The van der Waals surface area contributed by atoms with E-state index in [1.165, 1.54) is 40.2 Å². The van der Waals surface area contributed by atoms with E-state index in [-0.39, 0.29) is 102 Å². The minimum Gasteiger partial charge on any atom is -0.492 e. The molecular formula is C89H120N20O22S. The third-order valence-electron chi connectivity index (χ3n) is 22.3. The van der Waals surface area contributed by atoms with Crippen molar-refractivity contribution in [2.45, 2.75) is 221 Å². The highest BCUT2D eigenvalue weighted by Gasteiger charge is 2.47. The Morgan fingerprint density at radius 3 is 1.98 bits per heavy atom. The van der Waals surface area contributed by atoms with E-state index in [9.17, 15) is 72.9 Å². The molecule has 0 spiro atoms. The van der Waals surface area contributed by atoms with Crippen LogP contribution in [-0.4, -0.2) is 272 Å². The molecule has 714 valence electrons. The van der Waals surface area contributed by atoms with Crippen molar-refractivity contribution < 1.29 is 106 Å². The number of aromatic amines is 1. The SMILES string of the molecule is CC(=O)NCCCC[C@@H]1NC(O)[C@H](Cc2c[nH]c3c(C)cccc23)NC(=O)[C@H]([C@@H](C)O)NC(=O)[C@H](CC(N)=O)NC(=O)[C@@H](NC(C)=O)CCSC(C)(C)[C@@H](C(=O)N[C@@H](Cc2ccc(OCCN)cc2)C(=O)N[C@@H](Cc2ccc3ccccc3c2)C(=O)NC2(C(=O)N[C@@H](CCC(=O)O)C(=O)N[C@@H](CC(N)=O)C(=O)N[C@@H](Cc3cccnc3)C(=O)N(C)CC(N)=O)CCOCC2)NC1=O. The van der Waals surface area contributed by atoms with Crippen molar-refractivity contribution in [2.75, 3.05) is 52.3 Å². The summed E-state index contributed by atoms with van der Waals surface area (Å²) in [6.07, 6.45) is -4.40. The standard InChI is InChI=1S/C89H120N20O22S/c1-48-14-12-18-59-57(46-96-73(48)59)42-65-80(122)98-60(19-10-11-33-95-50(3)111)78(120)107-75(88(5,6)132-37-28-62(97-51(4)112)77(119)101-67(44-70(92)114)82(124)106-74(49(2)110)84(126)102-65)85(127)103-63(39-52-21-24-58(25-22-52)131-36-31-90)79(121)99-64(40-53-20-23-55-16-8-9-17-56(55)38-53)83(125)108-89(29-34-130-35-30-89)87(129)105-61(26-27-72(116)117)76(118)100-66(43-69(91)113)81(123)104-68(41-54-15-13-32-94-45-54)86(128)109(7)47-71(93)115/h8-9,12-18,20-25,32,38,45-46,49,60-68,74-75,80,96,98,110,122H,10-11,19,26-31,33-37,39-44,47,90H2,1-7H3,(H2,91,113)(H2,92,114)(H2,93,115)(H,95,111)(H,97,112)(H,99,121)(H,100,118)(H,101,119)(H,102,126)(H,103,127)(H,104,123)(H,105,129)(H,106,124)(H,107,120)(H,108,125)(H,116,117)/t49-,60+,61+,62+,63+,64+,65+,66+,67+,68+,74+,75-,80?/m1/s1. The number of nitrogens with zero attached hydrogens (tertiary/aromatic N) is 2. The molecule has 43 heteroatoms. The number of aliphatic hydroxyl groups is 2. The number of para-hydroxylation sites is 1. The molecular weight excluding hydrogens is 1730 g/mol. The highest BCUT2D eigenvalue weighted by atomic mass is 32.2. The van der Waals surface area contributed by atoms with Gasteiger partial charge in [-0.1, -0.05) is 78.9 Å². The molecule has 2 aliphatic heterocycles. The lowest BCUT2D eigenvalue weighted by atomic mass is 9.87. The number of likely N-dealkylation sites (N-methyl/N-ethyl adjacent to an activating group) is 1. The van der Waals surface area contributed by atoms with Crippen LogP contribution in [0.25, 0.3) is 21.7 Å². The quantitative estimate of drug-likeness (QED) is 0.0167. The maximum Gasteiger partial charge on any atom is 0.303 e. The third kappa shape index (κ3) is 31.5. The van der Waals surface area contributed by atoms with E-state index in [1.54, 1.807) is 91.1 Å². The number of primary amides is 3. The Balaban J connectivity index is 1.20. The molecule has 42 nitrogen and oxygen atoms in total. The number of hydrogen-bond donors (Lipinski definition) is 21. The number of carbonyl (C=O) groups is 17. The van der Waals surface area contributed by atoms with E-state index < -0.39 is 222 Å². The van der Waals surface area contributed by atoms with Crippen LogP contribution in [0.1, 0.15) is 127 Å². The Hall–Kier alpha value is -13.2. The van der Waals surface area contributed by atoms with Crippen molar-refractivity contribution in [1.82, 2.24) is 84.0 Å². The normalized spacial score (nSPS) is 19.8. The fraction of sp³-hybridized carbons (Fsp3) is 0.483. The minimum absolute atomic E-state index is 0.107. The number of aliphatic hydroxyl groups excluding tert-OH is 2. The molecule has 0 radical (unpaired) electrons. The van der Waals surface area contributed by atoms with Crippen LogP contribution >= 0.6 is 11.8 Å². The summed E-state index contributed by atoms with van der Waals surface area (Å²) in [5.74, 6) is -17.3. The Morgan fingerprint density at radius 1 is 0.682 bits per heavy atom. The Bertz CT molecular complexity index is 5110. The van der Waals surface area contributed by atoms with Gasteiger partial charge in [-0.3, -0.25) is 91.8 Å². The lowest BCUT2D eigenvalue weighted by molar-refractivity contribution is -0.142. The zero-order valence-electron chi connectivity index (χ0n) is 74.5.